The summed E-state index contributed by atoms with van der Waals surface area (Å²) < 4.78 is 5.73. The number of phenolic OH excluding ortho intramolecular Hbond substituents is 1. The average Bonchev–Trinajstić information content (AvgIpc) is 2.96. The predicted molar refractivity (Wildman–Crippen MR) is 108 cm³/mol. The molecular weight excluding hydrogens is 352 g/mol. The van der Waals surface area contributed by atoms with E-state index in [-0.39, 0.29) is 11.7 Å². The van der Waals surface area contributed by atoms with E-state index in [1.165, 1.54) is 0 Å². The molecule has 3 aromatic rings. The normalized spacial score (nSPS) is 13.6. The highest BCUT2D eigenvalue weighted by Crippen LogP contribution is 2.37. The molecule has 1 amide bonds. The molecule has 0 spiro atoms. The summed E-state index contributed by atoms with van der Waals surface area (Å²) in [5.41, 5.74) is 3.48. The number of pyridine rings is 1. The number of amides is 1. The molecule has 0 radical (unpaired) electrons. The van der Waals surface area contributed by atoms with E-state index >= 15 is 0 Å². The Labute approximate surface area is 163 Å². The van der Waals surface area contributed by atoms with Crippen molar-refractivity contribution < 1.29 is 14.6 Å². The molecule has 4 rings (SSSR count). The molecule has 0 saturated heterocycles. The minimum Gasteiger partial charge on any atom is -0.504 e. The van der Waals surface area contributed by atoms with Crippen LogP contribution in [-0.2, 0) is 11.3 Å². The number of aromatic nitrogens is 1. The summed E-state index contributed by atoms with van der Waals surface area (Å²) >= 11 is 0. The maximum atomic E-state index is 12.7. The van der Waals surface area contributed by atoms with Crippen molar-refractivity contribution in [2.45, 2.75) is 6.54 Å². The van der Waals surface area contributed by atoms with Crippen LogP contribution in [0.1, 0.15) is 11.1 Å². The molecule has 0 fully saturated rings. The van der Waals surface area contributed by atoms with Gasteiger partial charge in [-0.25, -0.2) is 0 Å². The third kappa shape index (κ3) is 3.88. The lowest BCUT2D eigenvalue weighted by atomic mass is 10.0. The first kappa shape index (κ1) is 17.8. The number of nitrogens with zero attached hydrogens (tertiary/aromatic N) is 2. The number of hydrogen-bond donors (Lipinski definition) is 1. The van der Waals surface area contributed by atoms with Crippen LogP contribution >= 0.6 is 0 Å². The van der Waals surface area contributed by atoms with Gasteiger partial charge in [-0.2, -0.15) is 0 Å². The van der Waals surface area contributed by atoms with Crippen LogP contribution in [0, 0.1) is 0 Å². The van der Waals surface area contributed by atoms with Crippen LogP contribution in [-0.4, -0.2) is 34.0 Å². The number of rotatable bonds is 3. The number of hydrogen-bond acceptors (Lipinski definition) is 4. The molecule has 2 heterocycles. The van der Waals surface area contributed by atoms with Crippen LogP contribution in [0.5, 0.6) is 11.5 Å². The number of ether oxygens (including phenoxy) is 1. The van der Waals surface area contributed by atoms with Crippen molar-refractivity contribution in [2.24, 2.45) is 0 Å². The molecule has 28 heavy (non-hydrogen) atoms. The van der Waals surface area contributed by atoms with Gasteiger partial charge in [0.1, 0.15) is 6.61 Å². The molecular formula is C23H20N2O3. The van der Waals surface area contributed by atoms with Gasteiger partial charge >= 0.3 is 0 Å². The maximum absolute atomic E-state index is 12.7. The Morgan fingerprint density at radius 2 is 1.96 bits per heavy atom. The van der Waals surface area contributed by atoms with Gasteiger partial charge < -0.3 is 14.7 Å². The molecule has 1 aromatic heterocycles. The van der Waals surface area contributed by atoms with Crippen LogP contribution in [0.25, 0.3) is 17.2 Å². The SMILES string of the molecule is O=C(C=Cc1ccccc1)N1CCOc2c(O)cc(-c3cccnc3)cc2C1. The van der Waals surface area contributed by atoms with E-state index in [0.717, 1.165) is 22.3 Å². The summed E-state index contributed by atoms with van der Waals surface area (Å²) in [4.78, 5) is 18.5. The maximum Gasteiger partial charge on any atom is 0.246 e. The third-order valence-electron chi connectivity index (χ3n) is 4.64. The first-order valence-electron chi connectivity index (χ1n) is 9.12. The fraction of sp³-hybridized carbons (Fsp3) is 0.130. The summed E-state index contributed by atoms with van der Waals surface area (Å²) in [6.07, 6.45) is 6.82. The molecule has 1 aliphatic heterocycles. The van der Waals surface area contributed by atoms with Gasteiger partial charge in [-0.15, -0.1) is 0 Å². The van der Waals surface area contributed by atoms with E-state index in [2.05, 4.69) is 4.98 Å². The van der Waals surface area contributed by atoms with Crippen LogP contribution in [0.4, 0.5) is 0 Å². The number of benzene rings is 2. The van der Waals surface area contributed by atoms with Crippen molar-refractivity contribution >= 4 is 12.0 Å². The Kier molecular flexibility index (Phi) is 5.06. The predicted octanol–water partition coefficient (Wildman–Crippen LogP) is 3.89. The van der Waals surface area contributed by atoms with E-state index in [1.807, 2.05) is 48.5 Å². The van der Waals surface area contributed by atoms with Crippen molar-refractivity contribution in [3.05, 3.63) is 84.2 Å². The smallest absolute Gasteiger partial charge is 0.246 e. The monoisotopic (exact) mass is 372 g/mol. The van der Waals surface area contributed by atoms with Crippen LogP contribution < -0.4 is 4.74 Å². The van der Waals surface area contributed by atoms with Gasteiger partial charge in [0.05, 0.1) is 6.54 Å². The molecule has 1 aliphatic rings. The highest BCUT2D eigenvalue weighted by molar-refractivity contribution is 5.92. The Hall–Kier alpha value is -3.60. The Morgan fingerprint density at radius 1 is 1.11 bits per heavy atom. The van der Waals surface area contributed by atoms with Crippen molar-refractivity contribution in [3.8, 4) is 22.6 Å². The lowest BCUT2D eigenvalue weighted by Gasteiger charge is -2.18. The fourth-order valence-electron chi connectivity index (χ4n) is 3.22. The van der Waals surface area contributed by atoms with Gasteiger partial charge in [-0.05, 0) is 35.4 Å². The van der Waals surface area contributed by atoms with Gasteiger partial charge in [-0.1, -0.05) is 36.4 Å². The quantitative estimate of drug-likeness (QED) is 0.709. The van der Waals surface area contributed by atoms with E-state index in [0.29, 0.717) is 25.4 Å². The lowest BCUT2D eigenvalue weighted by Crippen LogP contribution is -2.30. The largest absolute Gasteiger partial charge is 0.504 e. The van der Waals surface area contributed by atoms with E-state index < -0.39 is 0 Å². The van der Waals surface area contributed by atoms with Gasteiger partial charge in [0.25, 0.3) is 0 Å². The second kappa shape index (κ2) is 7.96. The number of aromatic hydroxyl groups is 1. The zero-order chi connectivity index (χ0) is 19.3. The zero-order valence-corrected chi connectivity index (χ0v) is 15.3. The minimum atomic E-state index is -0.0911. The molecule has 5 nitrogen and oxygen atoms in total. The molecule has 0 unspecified atom stereocenters. The van der Waals surface area contributed by atoms with E-state index in [9.17, 15) is 9.90 Å². The highest BCUT2D eigenvalue weighted by atomic mass is 16.5. The Bertz CT molecular complexity index is 1000. The van der Waals surface area contributed by atoms with Crippen LogP contribution in [0.3, 0.4) is 0 Å². The van der Waals surface area contributed by atoms with Crippen LogP contribution in [0.15, 0.2) is 73.1 Å². The molecule has 140 valence electrons. The number of carbonyl (C=O) groups is 1. The molecule has 1 N–H and O–H groups in total. The van der Waals surface area contributed by atoms with Crippen molar-refractivity contribution in [1.82, 2.24) is 9.88 Å². The summed E-state index contributed by atoms with van der Waals surface area (Å²) in [5.74, 6) is 0.423. The molecule has 2 aromatic carbocycles. The summed E-state index contributed by atoms with van der Waals surface area (Å²) in [5, 5.41) is 10.4. The van der Waals surface area contributed by atoms with Gasteiger partial charge in [0.2, 0.25) is 5.91 Å². The molecule has 0 aliphatic carbocycles. The first-order chi connectivity index (χ1) is 13.7. The number of fused-ring (bicyclic) bond motifs is 1. The first-order valence-corrected chi connectivity index (χ1v) is 9.12. The zero-order valence-electron chi connectivity index (χ0n) is 15.3. The van der Waals surface area contributed by atoms with Gasteiger partial charge in [-0.3, -0.25) is 9.78 Å². The molecule has 0 atom stereocenters. The standard InChI is InChI=1S/C23H20N2O3/c26-21-14-19(18-7-4-10-24-15-18)13-20-16-25(11-12-28-23(20)21)22(27)9-8-17-5-2-1-3-6-17/h1-10,13-15,26H,11-12,16H2. The Morgan fingerprint density at radius 3 is 2.75 bits per heavy atom. The highest BCUT2D eigenvalue weighted by Gasteiger charge is 2.21. The van der Waals surface area contributed by atoms with E-state index in [1.54, 1.807) is 35.5 Å². The summed E-state index contributed by atoms with van der Waals surface area (Å²) in [7, 11) is 0. The average molecular weight is 372 g/mol. The summed E-state index contributed by atoms with van der Waals surface area (Å²) in [6, 6.07) is 17.1. The van der Waals surface area contributed by atoms with E-state index in [4.69, 9.17) is 4.74 Å². The second-order valence-corrected chi connectivity index (χ2v) is 6.58. The minimum absolute atomic E-state index is 0.0745. The molecule has 5 heteroatoms. The number of phenols is 1. The second-order valence-electron chi connectivity index (χ2n) is 6.58. The molecule has 0 bridgehead atoms. The van der Waals surface area contributed by atoms with Crippen molar-refractivity contribution in [3.63, 3.8) is 0 Å². The topological polar surface area (TPSA) is 62.7 Å². The third-order valence-corrected chi connectivity index (χ3v) is 4.64. The summed E-state index contributed by atoms with van der Waals surface area (Å²) in [6.45, 7) is 1.15. The van der Waals surface area contributed by atoms with Gasteiger partial charge in [0, 0.05) is 36.1 Å². The lowest BCUT2D eigenvalue weighted by molar-refractivity contribution is -0.126. The fourth-order valence-corrected chi connectivity index (χ4v) is 3.22. The Balaban J connectivity index is 1.59. The van der Waals surface area contributed by atoms with Crippen molar-refractivity contribution in [1.29, 1.82) is 0 Å². The van der Waals surface area contributed by atoms with Crippen molar-refractivity contribution in [2.75, 3.05) is 13.2 Å². The van der Waals surface area contributed by atoms with Crippen LogP contribution in [0.2, 0.25) is 0 Å². The number of carbonyl (C=O) groups excluding carboxylic acids is 1. The van der Waals surface area contributed by atoms with Gasteiger partial charge in [0.15, 0.2) is 11.5 Å². The molecule has 0 saturated carbocycles.